The Morgan fingerprint density at radius 2 is 1.75 bits per heavy atom. The van der Waals surface area contributed by atoms with Gasteiger partial charge in [0.2, 0.25) is 5.95 Å². The topological polar surface area (TPSA) is 58.3 Å². The number of fused-ring (bicyclic) bond motifs is 2. The summed E-state index contributed by atoms with van der Waals surface area (Å²) in [6.45, 7) is 4.23. The number of rotatable bonds is 3. The van der Waals surface area contributed by atoms with E-state index in [-0.39, 0.29) is 0 Å². The highest BCUT2D eigenvalue weighted by atomic mass is 15.3. The molecule has 2 N–H and O–H groups in total. The highest BCUT2D eigenvalue weighted by Gasteiger charge is 2.32. The van der Waals surface area contributed by atoms with Crippen molar-refractivity contribution in [3.05, 3.63) is 11.8 Å². The molecule has 2 heterocycles. The number of likely N-dealkylation sites (N-methyl/N-ethyl adjacent to an activating group) is 1. The van der Waals surface area contributed by atoms with Crippen LogP contribution < -0.4 is 10.6 Å². The van der Waals surface area contributed by atoms with Crippen LogP contribution in [0.25, 0.3) is 0 Å². The lowest BCUT2D eigenvalue weighted by Crippen LogP contribution is -2.45. The first-order chi connectivity index (χ1) is 11.7. The third kappa shape index (κ3) is 3.66. The fraction of sp³-hybridized carbons (Fsp3) is 0.789. The maximum Gasteiger partial charge on any atom is 0.222 e. The average Bonchev–Trinajstić information content (AvgIpc) is 2.54. The normalized spacial score (nSPS) is 31.2. The van der Waals surface area contributed by atoms with Gasteiger partial charge in [-0.15, -0.1) is 0 Å². The van der Waals surface area contributed by atoms with Gasteiger partial charge in [0, 0.05) is 37.9 Å². The standard InChI is InChI=1S/C19H31N5/c1-23-5-7-24(8-6-23)18-13-17(21-19(20)22-18)12-16-10-14-3-2-4-15(9-14)11-16/h13-16H,2-12H2,1H3,(H2,20,21,22). The summed E-state index contributed by atoms with van der Waals surface area (Å²) in [5, 5.41) is 0. The average molecular weight is 329 g/mol. The van der Waals surface area contributed by atoms with Crippen LogP contribution in [0.3, 0.4) is 0 Å². The van der Waals surface area contributed by atoms with Gasteiger partial charge >= 0.3 is 0 Å². The first kappa shape index (κ1) is 16.1. The van der Waals surface area contributed by atoms with E-state index in [0.29, 0.717) is 5.95 Å². The molecule has 1 aromatic heterocycles. The van der Waals surface area contributed by atoms with E-state index in [4.69, 9.17) is 5.73 Å². The van der Waals surface area contributed by atoms with Crippen molar-refractivity contribution >= 4 is 11.8 Å². The minimum Gasteiger partial charge on any atom is -0.368 e. The van der Waals surface area contributed by atoms with Crippen LogP contribution >= 0.6 is 0 Å². The molecule has 0 amide bonds. The van der Waals surface area contributed by atoms with Crippen LogP contribution in [-0.2, 0) is 6.42 Å². The molecular formula is C19H31N5. The second kappa shape index (κ2) is 6.87. The number of hydrogen-bond acceptors (Lipinski definition) is 5. The third-order valence-corrected chi connectivity index (χ3v) is 6.33. The van der Waals surface area contributed by atoms with Crippen molar-refractivity contribution in [1.82, 2.24) is 14.9 Å². The summed E-state index contributed by atoms with van der Waals surface area (Å²) in [4.78, 5) is 13.8. The molecule has 2 aliphatic carbocycles. The molecule has 1 aromatic rings. The quantitative estimate of drug-likeness (QED) is 0.923. The molecule has 24 heavy (non-hydrogen) atoms. The lowest BCUT2D eigenvalue weighted by molar-refractivity contribution is 0.136. The van der Waals surface area contributed by atoms with E-state index < -0.39 is 0 Å². The minimum atomic E-state index is 0.442. The summed E-state index contributed by atoms with van der Waals surface area (Å²) in [7, 11) is 2.18. The number of anilines is 2. The van der Waals surface area contributed by atoms with Gasteiger partial charge in [0.05, 0.1) is 0 Å². The highest BCUT2D eigenvalue weighted by molar-refractivity contribution is 5.44. The number of nitrogens with two attached hydrogens (primary N) is 1. The molecule has 2 atom stereocenters. The second-order valence-electron chi connectivity index (χ2n) is 8.31. The summed E-state index contributed by atoms with van der Waals surface area (Å²) in [6, 6.07) is 2.20. The van der Waals surface area contributed by atoms with Crippen molar-refractivity contribution in [3.8, 4) is 0 Å². The van der Waals surface area contributed by atoms with Gasteiger partial charge in [-0.3, -0.25) is 0 Å². The predicted octanol–water partition coefficient (Wildman–Crippen LogP) is 2.57. The maximum atomic E-state index is 6.03. The lowest BCUT2D eigenvalue weighted by atomic mass is 9.67. The van der Waals surface area contributed by atoms with Gasteiger partial charge in [0.1, 0.15) is 5.82 Å². The molecule has 2 bridgehead atoms. The van der Waals surface area contributed by atoms with Crippen LogP contribution in [0.2, 0.25) is 0 Å². The Morgan fingerprint density at radius 3 is 2.46 bits per heavy atom. The Bertz CT molecular complexity index is 555. The van der Waals surface area contributed by atoms with Gasteiger partial charge in [0.25, 0.3) is 0 Å². The van der Waals surface area contributed by atoms with Crippen LogP contribution in [0, 0.1) is 17.8 Å². The molecule has 0 aromatic carbocycles. The largest absolute Gasteiger partial charge is 0.368 e. The van der Waals surface area contributed by atoms with E-state index in [1.165, 1.54) is 38.5 Å². The first-order valence-electron chi connectivity index (χ1n) is 9.72. The number of piperazine rings is 1. The molecular weight excluding hydrogens is 298 g/mol. The van der Waals surface area contributed by atoms with Crippen molar-refractivity contribution in [2.45, 2.75) is 44.9 Å². The van der Waals surface area contributed by atoms with E-state index in [1.54, 1.807) is 0 Å². The molecule has 5 nitrogen and oxygen atoms in total. The molecule has 2 unspecified atom stereocenters. The van der Waals surface area contributed by atoms with Crippen molar-refractivity contribution < 1.29 is 0 Å². The molecule has 2 saturated carbocycles. The van der Waals surface area contributed by atoms with E-state index in [0.717, 1.165) is 61.9 Å². The Balaban J connectivity index is 1.45. The molecule has 0 radical (unpaired) electrons. The molecule has 0 spiro atoms. The van der Waals surface area contributed by atoms with Gasteiger partial charge in [0.15, 0.2) is 0 Å². The zero-order valence-corrected chi connectivity index (χ0v) is 15.0. The highest BCUT2D eigenvalue weighted by Crippen LogP contribution is 2.43. The zero-order valence-electron chi connectivity index (χ0n) is 15.0. The Hall–Kier alpha value is -1.36. The molecule has 1 saturated heterocycles. The minimum absolute atomic E-state index is 0.442. The monoisotopic (exact) mass is 329 g/mol. The molecule has 132 valence electrons. The maximum absolute atomic E-state index is 6.03. The van der Waals surface area contributed by atoms with Gasteiger partial charge in [-0.1, -0.05) is 19.3 Å². The van der Waals surface area contributed by atoms with Crippen molar-refractivity contribution in [3.63, 3.8) is 0 Å². The van der Waals surface area contributed by atoms with Gasteiger partial charge in [-0.25, -0.2) is 4.98 Å². The molecule has 3 aliphatic rings. The number of aromatic nitrogens is 2. The molecule has 1 aliphatic heterocycles. The van der Waals surface area contributed by atoms with Crippen LogP contribution in [0.15, 0.2) is 6.07 Å². The smallest absolute Gasteiger partial charge is 0.222 e. The summed E-state index contributed by atoms with van der Waals surface area (Å²) in [5.74, 6) is 4.21. The molecule has 4 rings (SSSR count). The van der Waals surface area contributed by atoms with Gasteiger partial charge in [-0.2, -0.15) is 4.98 Å². The first-order valence-corrected chi connectivity index (χ1v) is 9.72. The van der Waals surface area contributed by atoms with Crippen LogP contribution in [0.5, 0.6) is 0 Å². The fourth-order valence-corrected chi connectivity index (χ4v) is 5.14. The van der Waals surface area contributed by atoms with Crippen molar-refractivity contribution in [1.29, 1.82) is 0 Å². The summed E-state index contributed by atoms with van der Waals surface area (Å²) in [5.41, 5.74) is 7.19. The molecule has 3 fully saturated rings. The van der Waals surface area contributed by atoms with Crippen molar-refractivity contribution in [2.75, 3.05) is 43.9 Å². The Morgan fingerprint density at radius 1 is 1.04 bits per heavy atom. The number of nitrogens with zero attached hydrogens (tertiary/aromatic N) is 4. The molecule has 5 heteroatoms. The van der Waals surface area contributed by atoms with Crippen LogP contribution in [-0.4, -0.2) is 48.1 Å². The predicted molar refractivity (Wildman–Crippen MR) is 98.0 cm³/mol. The second-order valence-corrected chi connectivity index (χ2v) is 8.31. The van der Waals surface area contributed by atoms with Crippen LogP contribution in [0.4, 0.5) is 11.8 Å². The summed E-state index contributed by atoms with van der Waals surface area (Å²) >= 11 is 0. The van der Waals surface area contributed by atoms with Crippen LogP contribution in [0.1, 0.15) is 44.2 Å². The van der Waals surface area contributed by atoms with E-state index in [1.807, 2.05) is 0 Å². The van der Waals surface area contributed by atoms with Crippen molar-refractivity contribution in [2.24, 2.45) is 17.8 Å². The van der Waals surface area contributed by atoms with E-state index in [2.05, 4.69) is 32.9 Å². The zero-order chi connectivity index (χ0) is 16.5. The lowest BCUT2D eigenvalue weighted by Gasteiger charge is -2.39. The number of hydrogen-bond donors (Lipinski definition) is 1. The third-order valence-electron chi connectivity index (χ3n) is 6.33. The number of nitrogen functional groups attached to an aromatic ring is 1. The fourth-order valence-electron chi connectivity index (χ4n) is 5.14. The summed E-state index contributed by atoms with van der Waals surface area (Å²) in [6.07, 6.45) is 9.71. The SMILES string of the molecule is CN1CCN(c2cc(CC3CC4CCCC(C4)C3)nc(N)n2)CC1. The van der Waals surface area contributed by atoms with Gasteiger partial charge in [-0.05, 0) is 50.5 Å². The summed E-state index contributed by atoms with van der Waals surface area (Å²) < 4.78 is 0. The van der Waals surface area contributed by atoms with E-state index in [9.17, 15) is 0 Å². The Kier molecular flexibility index (Phi) is 4.61. The van der Waals surface area contributed by atoms with E-state index >= 15 is 0 Å². The van der Waals surface area contributed by atoms with Gasteiger partial charge < -0.3 is 15.5 Å². The Labute approximate surface area is 145 Å².